The van der Waals surface area contributed by atoms with Gasteiger partial charge in [-0.3, -0.25) is 10.2 Å². The monoisotopic (exact) mass is 335 g/mol. The Balaban J connectivity index is 2.28. The van der Waals surface area contributed by atoms with Crippen molar-refractivity contribution < 1.29 is 4.79 Å². The predicted molar refractivity (Wildman–Crippen MR) is 95.6 cm³/mol. The molecule has 0 aliphatic carbocycles. The van der Waals surface area contributed by atoms with Crippen LogP contribution in [-0.2, 0) is 5.41 Å². The van der Waals surface area contributed by atoms with Crippen molar-refractivity contribution in [2.24, 2.45) is 0 Å². The SMILES string of the molecule is Cc1cnc(NC(=O)N(C)c2cc(C(C)(C)C)nn2C(C)C)s1. The molecular weight excluding hydrogens is 310 g/mol. The third-order valence-corrected chi connectivity index (χ3v) is 4.29. The quantitative estimate of drug-likeness (QED) is 0.914. The molecule has 2 amide bonds. The minimum Gasteiger partial charge on any atom is -0.283 e. The Morgan fingerprint density at radius 2 is 2.04 bits per heavy atom. The molecule has 7 heteroatoms. The van der Waals surface area contributed by atoms with Crippen LogP contribution in [-0.4, -0.2) is 27.8 Å². The van der Waals surface area contributed by atoms with Crippen LogP contribution in [0.1, 0.15) is 51.2 Å². The lowest BCUT2D eigenvalue weighted by molar-refractivity contribution is 0.257. The Morgan fingerprint density at radius 1 is 1.39 bits per heavy atom. The number of thiazole rings is 1. The Hall–Kier alpha value is -1.89. The number of aromatic nitrogens is 3. The van der Waals surface area contributed by atoms with Gasteiger partial charge in [0.2, 0.25) is 0 Å². The molecule has 0 saturated carbocycles. The molecule has 1 N–H and O–H groups in total. The summed E-state index contributed by atoms with van der Waals surface area (Å²) in [5.41, 5.74) is 0.893. The molecule has 2 heterocycles. The first-order chi connectivity index (χ1) is 10.6. The molecule has 6 nitrogen and oxygen atoms in total. The van der Waals surface area contributed by atoms with Gasteiger partial charge >= 0.3 is 6.03 Å². The summed E-state index contributed by atoms with van der Waals surface area (Å²) in [6, 6.07) is 1.92. The van der Waals surface area contributed by atoms with Crippen LogP contribution in [0.25, 0.3) is 0 Å². The van der Waals surface area contributed by atoms with Crippen LogP contribution in [0.15, 0.2) is 12.3 Å². The van der Waals surface area contributed by atoms with E-state index in [1.54, 1.807) is 18.1 Å². The van der Waals surface area contributed by atoms with Crippen molar-refractivity contribution >= 4 is 28.3 Å². The highest BCUT2D eigenvalue weighted by Crippen LogP contribution is 2.28. The van der Waals surface area contributed by atoms with E-state index in [9.17, 15) is 4.79 Å². The number of hydrogen-bond acceptors (Lipinski definition) is 4. The fourth-order valence-electron chi connectivity index (χ4n) is 2.07. The van der Waals surface area contributed by atoms with E-state index in [0.717, 1.165) is 16.4 Å². The number of nitrogens with zero attached hydrogens (tertiary/aromatic N) is 4. The summed E-state index contributed by atoms with van der Waals surface area (Å²) in [6.07, 6.45) is 1.75. The largest absolute Gasteiger partial charge is 0.329 e. The van der Waals surface area contributed by atoms with Crippen molar-refractivity contribution in [3.63, 3.8) is 0 Å². The fourth-order valence-corrected chi connectivity index (χ4v) is 2.73. The number of amides is 2. The summed E-state index contributed by atoms with van der Waals surface area (Å²) < 4.78 is 1.88. The molecule has 0 aliphatic heterocycles. The van der Waals surface area contributed by atoms with Crippen LogP contribution >= 0.6 is 11.3 Å². The van der Waals surface area contributed by atoms with Gasteiger partial charge in [0.15, 0.2) is 5.13 Å². The van der Waals surface area contributed by atoms with Gasteiger partial charge in [0.1, 0.15) is 5.82 Å². The third kappa shape index (κ3) is 3.90. The minimum atomic E-state index is -0.221. The van der Waals surface area contributed by atoms with Crippen molar-refractivity contribution in [1.82, 2.24) is 14.8 Å². The van der Waals surface area contributed by atoms with Gasteiger partial charge in [-0.2, -0.15) is 5.10 Å². The number of anilines is 2. The second-order valence-electron chi connectivity index (χ2n) is 6.94. The maximum atomic E-state index is 12.5. The van der Waals surface area contributed by atoms with Crippen LogP contribution in [0.4, 0.5) is 15.7 Å². The highest BCUT2D eigenvalue weighted by molar-refractivity contribution is 7.15. The normalized spacial score (nSPS) is 11.8. The second kappa shape index (κ2) is 6.31. The second-order valence-corrected chi connectivity index (χ2v) is 8.18. The molecule has 126 valence electrons. The van der Waals surface area contributed by atoms with Gasteiger partial charge in [0.05, 0.1) is 5.69 Å². The smallest absolute Gasteiger partial charge is 0.283 e. The summed E-state index contributed by atoms with van der Waals surface area (Å²) in [4.78, 5) is 19.3. The number of carbonyl (C=O) groups excluding carboxylic acids is 1. The fraction of sp³-hybridized carbons (Fsp3) is 0.562. The molecule has 0 bridgehead atoms. The zero-order chi connectivity index (χ0) is 17.4. The van der Waals surface area contributed by atoms with Crippen molar-refractivity contribution in [2.45, 2.75) is 53.0 Å². The minimum absolute atomic E-state index is 0.0708. The van der Waals surface area contributed by atoms with E-state index in [-0.39, 0.29) is 17.5 Å². The lowest BCUT2D eigenvalue weighted by Crippen LogP contribution is -2.33. The molecule has 2 aromatic rings. The van der Waals surface area contributed by atoms with Crippen LogP contribution in [0.2, 0.25) is 0 Å². The van der Waals surface area contributed by atoms with E-state index in [2.05, 4.69) is 50.0 Å². The highest BCUT2D eigenvalue weighted by atomic mass is 32.1. The van der Waals surface area contributed by atoms with Crippen molar-refractivity contribution in [3.8, 4) is 0 Å². The molecular formula is C16H25N5OS. The van der Waals surface area contributed by atoms with Crippen molar-refractivity contribution in [2.75, 3.05) is 17.3 Å². The molecule has 0 saturated heterocycles. The Labute approximate surface area is 141 Å². The Kier molecular flexibility index (Phi) is 4.79. The van der Waals surface area contributed by atoms with E-state index in [1.807, 2.05) is 17.7 Å². The van der Waals surface area contributed by atoms with E-state index >= 15 is 0 Å². The van der Waals surface area contributed by atoms with Crippen LogP contribution < -0.4 is 10.2 Å². The van der Waals surface area contributed by atoms with Crippen LogP contribution in [0.5, 0.6) is 0 Å². The van der Waals surface area contributed by atoms with E-state index in [0.29, 0.717) is 5.13 Å². The highest BCUT2D eigenvalue weighted by Gasteiger charge is 2.24. The zero-order valence-corrected chi connectivity index (χ0v) is 15.7. The van der Waals surface area contributed by atoms with Crippen LogP contribution in [0.3, 0.4) is 0 Å². The molecule has 0 aromatic carbocycles. The number of aryl methyl sites for hydroxylation is 1. The summed E-state index contributed by atoms with van der Waals surface area (Å²) in [5, 5.41) is 8.11. The molecule has 0 radical (unpaired) electrons. The van der Waals surface area contributed by atoms with Crippen molar-refractivity contribution in [3.05, 3.63) is 22.8 Å². The van der Waals surface area contributed by atoms with Gasteiger partial charge in [0.25, 0.3) is 0 Å². The van der Waals surface area contributed by atoms with E-state index in [4.69, 9.17) is 0 Å². The first kappa shape index (κ1) is 17.5. The number of carbonyl (C=O) groups is 1. The van der Waals surface area contributed by atoms with E-state index in [1.165, 1.54) is 11.3 Å². The molecule has 2 rings (SSSR count). The number of hydrogen-bond donors (Lipinski definition) is 1. The molecule has 0 atom stereocenters. The van der Waals surface area contributed by atoms with Gasteiger partial charge in [-0.15, -0.1) is 11.3 Å². The predicted octanol–water partition coefficient (Wildman–Crippen LogP) is 4.19. The van der Waals surface area contributed by atoms with Gasteiger partial charge in [-0.25, -0.2) is 14.5 Å². The van der Waals surface area contributed by atoms with Gasteiger partial charge in [-0.1, -0.05) is 20.8 Å². The number of nitrogens with one attached hydrogen (secondary N) is 1. The lowest BCUT2D eigenvalue weighted by Gasteiger charge is -2.20. The molecule has 0 aliphatic rings. The van der Waals surface area contributed by atoms with Gasteiger partial charge in [0, 0.05) is 35.6 Å². The first-order valence-corrected chi connectivity index (χ1v) is 8.48. The summed E-state index contributed by atoms with van der Waals surface area (Å²) in [7, 11) is 1.75. The van der Waals surface area contributed by atoms with Crippen LogP contribution in [0, 0.1) is 6.92 Å². The van der Waals surface area contributed by atoms with Gasteiger partial charge in [-0.05, 0) is 20.8 Å². The molecule has 23 heavy (non-hydrogen) atoms. The Morgan fingerprint density at radius 3 is 2.52 bits per heavy atom. The van der Waals surface area contributed by atoms with Gasteiger partial charge < -0.3 is 0 Å². The maximum Gasteiger partial charge on any atom is 0.329 e. The molecule has 0 spiro atoms. The summed E-state index contributed by atoms with van der Waals surface area (Å²) in [5.74, 6) is 0.774. The van der Waals surface area contributed by atoms with E-state index < -0.39 is 0 Å². The average Bonchev–Trinajstić information content (AvgIpc) is 3.03. The summed E-state index contributed by atoms with van der Waals surface area (Å²) in [6.45, 7) is 12.4. The average molecular weight is 335 g/mol. The summed E-state index contributed by atoms with van der Waals surface area (Å²) >= 11 is 1.46. The first-order valence-electron chi connectivity index (χ1n) is 7.66. The number of rotatable bonds is 3. The molecule has 0 unspecified atom stereocenters. The lowest BCUT2D eigenvalue weighted by atomic mass is 9.92. The zero-order valence-electron chi connectivity index (χ0n) is 14.8. The number of urea groups is 1. The topological polar surface area (TPSA) is 63.1 Å². The maximum absolute atomic E-state index is 12.5. The molecule has 2 aromatic heterocycles. The Bertz CT molecular complexity index is 696. The third-order valence-electron chi connectivity index (χ3n) is 3.46. The molecule has 0 fully saturated rings. The standard InChI is InChI=1S/C16H25N5OS/c1-10(2)21-13(8-12(19-21)16(4,5)6)20(7)15(22)18-14-17-9-11(3)23-14/h8-10H,1-7H3,(H,17,18,22). The van der Waals surface area contributed by atoms with Crippen molar-refractivity contribution in [1.29, 1.82) is 0 Å².